The fraction of sp³-hybridized carbons (Fsp3) is 0.286. The summed E-state index contributed by atoms with van der Waals surface area (Å²) in [6, 6.07) is 7.12. The van der Waals surface area contributed by atoms with Gasteiger partial charge in [-0.1, -0.05) is 0 Å². The van der Waals surface area contributed by atoms with Gasteiger partial charge in [0.05, 0.1) is 0 Å². The fourth-order valence-corrected chi connectivity index (χ4v) is 3.42. The Morgan fingerprint density at radius 1 is 0.871 bits per heavy atom. The third-order valence-corrected chi connectivity index (χ3v) is 4.79. The molecule has 3 amide bonds. The van der Waals surface area contributed by atoms with Crippen LogP contribution in [0, 0.1) is 17.5 Å². The Balaban J connectivity index is 1.96. The molecule has 0 spiro atoms. The molecular formula is C21H21F3N4O3. The summed E-state index contributed by atoms with van der Waals surface area (Å²) in [4.78, 5) is 41.2. The number of amides is 3. The maximum Gasteiger partial charge on any atom is 0.263 e. The number of nitrogens with two attached hydrogens (primary N) is 1. The lowest BCUT2D eigenvalue weighted by molar-refractivity contribution is -0.132. The maximum absolute atomic E-state index is 13.6. The van der Waals surface area contributed by atoms with Gasteiger partial charge in [-0.25, -0.2) is 13.2 Å². The van der Waals surface area contributed by atoms with Crippen LogP contribution in [-0.2, 0) is 4.79 Å². The van der Waals surface area contributed by atoms with Gasteiger partial charge in [0.2, 0.25) is 0 Å². The van der Waals surface area contributed by atoms with Crippen LogP contribution in [0.25, 0.3) is 0 Å². The Morgan fingerprint density at radius 2 is 1.42 bits per heavy atom. The molecule has 1 fully saturated rings. The van der Waals surface area contributed by atoms with Crippen LogP contribution >= 0.6 is 0 Å². The van der Waals surface area contributed by atoms with Gasteiger partial charge in [0.1, 0.15) is 17.5 Å². The summed E-state index contributed by atoms with van der Waals surface area (Å²) in [6.07, 6.45) is -1.03. The SMILES string of the molecule is NCCNC(=O)C1N(C(=O)c2ccc(F)cc2)CCCN1C(=O)c1cc(F)cc(F)c1. The van der Waals surface area contributed by atoms with Crippen molar-refractivity contribution in [2.45, 2.75) is 12.6 Å². The Labute approximate surface area is 176 Å². The molecule has 2 aromatic rings. The number of hydrogen-bond acceptors (Lipinski definition) is 4. The minimum atomic E-state index is -1.36. The van der Waals surface area contributed by atoms with Crippen LogP contribution in [0.15, 0.2) is 42.5 Å². The second-order valence-corrected chi connectivity index (χ2v) is 6.97. The number of nitrogens with zero attached hydrogens (tertiary/aromatic N) is 2. The Kier molecular flexibility index (Phi) is 6.91. The standard InChI is InChI=1S/C21H21F3N4O3/c22-15-4-2-13(3-5-15)20(30)27-8-1-9-28(19(27)18(29)26-7-6-25)21(31)14-10-16(23)12-17(24)11-14/h2-5,10-12,19H,1,6-9,25H2,(H,26,29). The fourth-order valence-electron chi connectivity index (χ4n) is 3.42. The first-order valence-electron chi connectivity index (χ1n) is 9.63. The van der Waals surface area contributed by atoms with Crippen molar-refractivity contribution in [2.24, 2.45) is 5.73 Å². The molecule has 164 valence electrons. The van der Waals surface area contributed by atoms with Crippen LogP contribution in [0.1, 0.15) is 27.1 Å². The third-order valence-electron chi connectivity index (χ3n) is 4.79. The zero-order chi connectivity index (χ0) is 22.5. The Bertz CT molecular complexity index is 964. The number of carbonyl (C=O) groups excluding carboxylic acids is 3. The van der Waals surface area contributed by atoms with E-state index in [2.05, 4.69) is 5.32 Å². The lowest BCUT2D eigenvalue weighted by Crippen LogP contribution is -2.63. The number of hydrogen-bond donors (Lipinski definition) is 2. The summed E-state index contributed by atoms with van der Waals surface area (Å²) in [5.74, 6) is -4.46. The molecule has 0 aliphatic carbocycles. The number of benzene rings is 2. The highest BCUT2D eigenvalue weighted by Crippen LogP contribution is 2.22. The van der Waals surface area contributed by atoms with Crippen molar-refractivity contribution in [3.8, 4) is 0 Å². The molecule has 1 aliphatic rings. The highest BCUT2D eigenvalue weighted by molar-refractivity contribution is 6.01. The van der Waals surface area contributed by atoms with Gasteiger partial charge in [0, 0.05) is 43.4 Å². The topological polar surface area (TPSA) is 95.7 Å². The molecule has 7 nitrogen and oxygen atoms in total. The largest absolute Gasteiger partial charge is 0.351 e. The molecule has 31 heavy (non-hydrogen) atoms. The maximum atomic E-state index is 13.6. The molecule has 0 radical (unpaired) electrons. The number of halogens is 3. The third kappa shape index (κ3) is 5.02. The molecular weight excluding hydrogens is 413 g/mol. The summed E-state index contributed by atoms with van der Waals surface area (Å²) in [6.45, 7) is 0.473. The lowest BCUT2D eigenvalue weighted by atomic mass is 10.1. The van der Waals surface area contributed by atoms with Gasteiger partial charge >= 0.3 is 0 Å². The van der Waals surface area contributed by atoms with E-state index in [0.717, 1.165) is 29.2 Å². The smallest absolute Gasteiger partial charge is 0.263 e. The van der Waals surface area contributed by atoms with Gasteiger partial charge in [0.15, 0.2) is 6.17 Å². The quantitative estimate of drug-likeness (QED) is 0.746. The molecule has 0 saturated carbocycles. The number of carbonyl (C=O) groups is 3. The van der Waals surface area contributed by atoms with Crippen molar-refractivity contribution >= 4 is 17.7 Å². The number of nitrogens with one attached hydrogen (secondary N) is 1. The lowest BCUT2D eigenvalue weighted by Gasteiger charge is -2.42. The summed E-state index contributed by atoms with van der Waals surface area (Å²) < 4.78 is 40.5. The van der Waals surface area contributed by atoms with Crippen molar-refractivity contribution in [3.05, 3.63) is 71.0 Å². The van der Waals surface area contributed by atoms with E-state index < -0.39 is 41.3 Å². The van der Waals surface area contributed by atoms with E-state index in [-0.39, 0.29) is 37.3 Å². The average Bonchev–Trinajstić information content (AvgIpc) is 2.75. The van der Waals surface area contributed by atoms with Crippen molar-refractivity contribution in [2.75, 3.05) is 26.2 Å². The second-order valence-electron chi connectivity index (χ2n) is 6.97. The molecule has 0 aromatic heterocycles. The first kappa shape index (κ1) is 22.3. The van der Waals surface area contributed by atoms with Crippen LogP contribution < -0.4 is 11.1 Å². The molecule has 0 bridgehead atoms. The van der Waals surface area contributed by atoms with Crippen molar-refractivity contribution in [1.29, 1.82) is 0 Å². The van der Waals surface area contributed by atoms with Crippen molar-refractivity contribution in [3.63, 3.8) is 0 Å². The minimum Gasteiger partial charge on any atom is -0.351 e. The zero-order valence-corrected chi connectivity index (χ0v) is 16.5. The van der Waals surface area contributed by atoms with Gasteiger partial charge in [-0.05, 0) is 42.8 Å². The predicted octanol–water partition coefficient (Wildman–Crippen LogP) is 1.49. The summed E-state index contributed by atoms with van der Waals surface area (Å²) >= 11 is 0. The first-order valence-corrected chi connectivity index (χ1v) is 9.63. The normalized spacial score (nSPS) is 16.2. The molecule has 10 heteroatoms. The van der Waals surface area contributed by atoms with Crippen LogP contribution in [0.5, 0.6) is 0 Å². The van der Waals surface area contributed by atoms with E-state index in [1.165, 1.54) is 17.0 Å². The van der Waals surface area contributed by atoms with Gasteiger partial charge in [-0.3, -0.25) is 14.4 Å². The molecule has 1 unspecified atom stereocenters. The molecule has 3 N–H and O–H groups in total. The minimum absolute atomic E-state index is 0.0882. The van der Waals surface area contributed by atoms with Gasteiger partial charge in [-0.15, -0.1) is 0 Å². The molecule has 1 saturated heterocycles. The summed E-state index contributed by atoms with van der Waals surface area (Å²) in [5, 5.41) is 2.55. The van der Waals surface area contributed by atoms with Crippen LogP contribution in [-0.4, -0.2) is 59.9 Å². The monoisotopic (exact) mass is 434 g/mol. The first-order chi connectivity index (χ1) is 14.8. The van der Waals surface area contributed by atoms with Gasteiger partial charge in [0.25, 0.3) is 17.7 Å². The van der Waals surface area contributed by atoms with Crippen LogP contribution in [0.3, 0.4) is 0 Å². The van der Waals surface area contributed by atoms with Gasteiger partial charge < -0.3 is 20.9 Å². The van der Waals surface area contributed by atoms with E-state index in [0.29, 0.717) is 12.5 Å². The highest BCUT2D eigenvalue weighted by atomic mass is 19.1. The average molecular weight is 434 g/mol. The van der Waals surface area contributed by atoms with E-state index in [4.69, 9.17) is 5.73 Å². The molecule has 2 aromatic carbocycles. The Morgan fingerprint density at radius 3 is 1.97 bits per heavy atom. The zero-order valence-electron chi connectivity index (χ0n) is 16.5. The molecule has 3 rings (SSSR count). The van der Waals surface area contributed by atoms with E-state index in [9.17, 15) is 27.6 Å². The molecule has 1 aliphatic heterocycles. The number of rotatable bonds is 5. The highest BCUT2D eigenvalue weighted by Gasteiger charge is 2.40. The second kappa shape index (κ2) is 9.61. The Hall–Kier alpha value is -3.40. The van der Waals surface area contributed by atoms with Crippen molar-refractivity contribution < 1.29 is 27.6 Å². The van der Waals surface area contributed by atoms with E-state index in [1.54, 1.807) is 0 Å². The van der Waals surface area contributed by atoms with Crippen LogP contribution in [0.4, 0.5) is 13.2 Å². The summed E-state index contributed by atoms with van der Waals surface area (Å²) in [7, 11) is 0. The van der Waals surface area contributed by atoms with Crippen LogP contribution in [0.2, 0.25) is 0 Å². The van der Waals surface area contributed by atoms with E-state index >= 15 is 0 Å². The molecule has 1 atom stereocenters. The van der Waals surface area contributed by atoms with Gasteiger partial charge in [-0.2, -0.15) is 0 Å². The van der Waals surface area contributed by atoms with Crippen molar-refractivity contribution in [1.82, 2.24) is 15.1 Å². The molecule has 1 heterocycles. The summed E-state index contributed by atoms with van der Waals surface area (Å²) in [5.41, 5.74) is 5.27. The predicted molar refractivity (Wildman–Crippen MR) is 105 cm³/mol. The van der Waals surface area contributed by atoms with E-state index in [1.807, 2.05) is 0 Å².